The second kappa shape index (κ2) is 4.22. The predicted molar refractivity (Wildman–Crippen MR) is 55.1 cm³/mol. The van der Waals surface area contributed by atoms with Crippen molar-refractivity contribution in [1.82, 2.24) is 9.97 Å². The number of nitrogens with zero attached hydrogens (tertiary/aromatic N) is 2. The van der Waals surface area contributed by atoms with Crippen molar-refractivity contribution in [2.75, 3.05) is 5.73 Å². The zero-order valence-corrected chi connectivity index (χ0v) is 8.50. The van der Waals surface area contributed by atoms with E-state index in [4.69, 9.17) is 10.5 Å². The molecular weight excluding hydrogens is 217 g/mol. The average Bonchev–Trinajstić information content (AvgIpc) is 2.72. The predicted octanol–water partition coefficient (Wildman–Crippen LogP) is 1.84. The zero-order chi connectivity index (χ0) is 10.7. The number of thiophene rings is 1. The van der Waals surface area contributed by atoms with Crippen molar-refractivity contribution in [1.29, 1.82) is 0 Å². The van der Waals surface area contributed by atoms with Crippen molar-refractivity contribution in [3.8, 4) is 5.88 Å². The van der Waals surface area contributed by atoms with Gasteiger partial charge in [-0.2, -0.15) is 9.37 Å². The third-order valence-electron chi connectivity index (χ3n) is 1.66. The molecular formula is C9H8FN3OS. The van der Waals surface area contributed by atoms with Gasteiger partial charge in [-0.15, -0.1) is 11.3 Å². The molecule has 0 saturated heterocycles. The Morgan fingerprint density at radius 2 is 2.40 bits per heavy atom. The van der Waals surface area contributed by atoms with Crippen LogP contribution in [-0.4, -0.2) is 9.97 Å². The third kappa shape index (κ3) is 2.41. The number of nitrogens with two attached hydrogens (primary N) is 1. The first kappa shape index (κ1) is 9.85. The van der Waals surface area contributed by atoms with Crippen molar-refractivity contribution >= 4 is 17.3 Å². The Kier molecular flexibility index (Phi) is 2.77. The van der Waals surface area contributed by atoms with Gasteiger partial charge in [-0.3, -0.25) is 0 Å². The molecule has 78 valence electrons. The first-order valence-electron chi connectivity index (χ1n) is 4.19. The lowest BCUT2D eigenvalue weighted by Gasteiger charge is -2.04. The van der Waals surface area contributed by atoms with Gasteiger partial charge in [0, 0.05) is 4.88 Å². The van der Waals surface area contributed by atoms with Gasteiger partial charge < -0.3 is 10.5 Å². The van der Waals surface area contributed by atoms with Crippen LogP contribution in [0.2, 0.25) is 0 Å². The van der Waals surface area contributed by atoms with Gasteiger partial charge in [-0.1, -0.05) is 6.07 Å². The largest absolute Gasteiger partial charge is 0.470 e. The summed E-state index contributed by atoms with van der Waals surface area (Å²) < 4.78 is 18.3. The van der Waals surface area contributed by atoms with Crippen LogP contribution in [0.1, 0.15) is 4.88 Å². The fourth-order valence-electron chi connectivity index (χ4n) is 1.000. The van der Waals surface area contributed by atoms with Crippen LogP contribution in [0.25, 0.3) is 0 Å². The summed E-state index contributed by atoms with van der Waals surface area (Å²) in [7, 11) is 0. The average molecular weight is 225 g/mol. The minimum Gasteiger partial charge on any atom is -0.470 e. The summed E-state index contributed by atoms with van der Waals surface area (Å²) >= 11 is 1.53. The molecule has 0 aliphatic heterocycles. The van der Waals surface area contributed by atoms with E-state index >= 15 is 0 Å². The molecule has 0 amide bonds. The number of aromatic nitrogens is 2. The highest BCUT2D eigenvalue weighted by Crippen LogP contribution is 2.16. The normalized spacial score (nSPS) is 10.2. The van der Waals surface area contributed by atoms with Crippen molar-refractivity contribution in [3.05, 3.63) is 34.4 Å². The summed E-state index contributed by atoms with van der Waals surface area (Å²) in [4.78, 5) is 8.14. The SMILES string of the molecule is Nc1ncc(F)c(OCc2cccs2)n1. The number of nitrogen functional groups attached to an aromatic ring is 1. The minimum atomic E-state index is -0.610. The van der Waals surface area contributed by atoms with E-state index in [1.165, 1.54) is 11.3 Å². The van der Waals surface area contributed by atoms with Gasteiger partial charge in [0.2, 0.25) is 11.8 Å². The molecule has 4 nitrogen and oxygen atoms in total. The Morgan fingerprint density at radius 3 is 3.13 bits per heavy atom. The minimum absolute atomic E-state index is 0.00224. The Morgan fingerprint density at radius 1 is 1.53 bits per heavy atom. The van der Waals surface area contributed by atoms with E-state index in [-0.39, 0.29) is 18.4 Å². The van der Waals surface area contributed by atoms with Crippen LogP contribution >= 0.6 is 11.3 Å². The van der Waals surface area contributed by atoms with Gasteiger partial charge in [0.15, 0.2) is 0 Å². The molecule has 6 heteroatoms. The van der Waals surface area contributed by atoms with E-state index in [9.17, 15) is 4.39 Å². The highest BCUT2D eigenvalue weighted by Gasteiger charge is 2.06. The Labute approximate surface area is 89.6 Å². The zero-order valence-electron chi connectivity index (χ0n) is 7.68. The maximum atomic E-state index is 13.1. The van der Waals surface area contributed by atoms with Crippen molar-refractivity contribution in [3.63, 3.8) is 0 Å². The number of anilines is 1. The quantitative estimate of drug-likeness (QED) is 0.865. The molecule has 0 atom stereocenters. The van der Waals surface area contributed by atoms with E-state index in [0.29, 0.717) is 0 Å². The van der Waals surface area contributed by atoms with E-state index < -0.39 is 5.82 Å². The topological polar surface area (TPSA) is 61.0 Å². The lowest BCUT2D eigenvalue weighted by molar-refractivity contribution is 0.280. The molecule has 0 spiro atoms. The van der Waals surface area contributed by atoms with E-state index in [0.717, 1.165) is 11.1 Å². The van der Waals surface area contributed by atoms with Crippen LogP contribution in [0.5, 0.6) is 5.88 Å². The molecule has 0 aliphatic rings. The summed E-state index contributed by atoms with van der Waals surface area (Å²) in [6.07, 6.45) is 0.992. The Balaban J connectivity index is 2.07. The van der Waals surface area contributed by atoms with E-state index in [1.54, 1.807) is 0 Å². The second-order valence-electron chi connectivity index (χ2n) is 2.75. The second-order valence-corrected chi connectivity index (χ2v) is 3.78. The standard InChI is InChI=1S/C9H8FN3OS/c10-7-4-12-9(11)13-8(7)14-5-6-2-1-3-15-6/h1-4H,5H2,(H2,11,12,13). The molecule has 15 heavy (non-hydrogen) atoms. The molecule has 0 unspecified atom stereocenters. The van der Waals surface area contributed by atoms with Crippen molar-refractivity contribution in [2.45, 2.75) is 6.61 Å². The first-order chi connectivity index (χ1) is 7.25. The fourth-order valence-corrected chi connectivity index (χ4v) is 1.62. The van der Waals surface area contributed by atoms with Gasteiger partial charge in [0.05, 0.1) is 6.20 Å². The lowest BCUT2D eigenvalue weighted by atomic mass is 10.5. The van der Waals surface area contributed by atoms with Gasteiger partial charge in [0.1, 0.15) is 6.61 Å². The molecule has 0 bridgehead atoms. The highest BCUT2D eigenvalue weighted by atomic mass is 32.1. The summed E-state index contributed by atoms with van der Waals surface area (Å²) in [5, 5.41) is 1.92. The molecule has 0 saturated carbocycles. The van der Waals surface area contributed by atoms with Crippen LogP contribution in [0.3, 0.4) is 0 Å². The van der Waals surface area contributed by atoms with Crippen LogP contribution in [0, 0.1) is 5.82 Å². The monoisotopic (exact) mass is 225 g/mol. The molecule has 0 fully saturated rings. The molecule has 2 aromatic rings. The number of rotatable bonds is 3. The Bertz CT molecular complexity index is 447. The van der Waals surface area contributed by atoms with Crippen LogP contribution in [0.4, 0.5) is 10.3 Å². The van der Waals surface area contributed by atoms with Crippen LogP contribution < -0.4 is 10.5 Å². The summed E-state index contributed by atoms with van der Waals surface area (Å²) in [6, 6.07) is 3.79. The Hall–Kier alpha value is -1.69. The molecule has 0 aromatic carbocycles. The summed E-state index contributed by atoms with van der Waals surface area (Å²) in [6.45, 7) is 0.283. The molecule has 0 radical (unpaired) electrons. The maximum Gasteiger partial charge on any atom is 0.255 e. The first-order valence-corrected chi connectivity index (χ1v) is 5.07. The molecule has 0 aliphatic carbocycles. The van der Waals surface area contributed by atoms with Crippen molar-refractivity contribution in [2.24, 2.45) is 0 Å². The number of halogens is 1. The summed E-state index contributed by atoms with van der Waals surface area (Å²) in [5.74, 6) is -0.728. The van der Waals surface area contributed by atoms with E-state index in [1.807, 2.05) is 17.5 Å². The number of ether oxygens (including phenoxy) is 1. The van der Waals surface area contributed by atoms with Crippen LogP contribution in [0.15, 0.2) is 23.7 Å². The molecule has 2 N–H and O–H groups in total. The molecule has 2 heterocycles. The van der Waals surface area contributed by atoms with Crippen molar-refractivity contribution < 1.29 is 9.13 Å². The number of hydrogen-bond donors (Lipinski definition) is 1. The molecule has 2 rings (SSSR count). The third-order valence-corrected chi connectivity index (χ3v) is 2.51. The highest BCUT2D eigenvalue weighted by molar-refractivity contribution is 7.09. The fraction of sp³-hybridized carbons (Fsp3) is 0.111. The van der Waals surface area contributed by atoms with Gasteiger partial charge in [0.25, 0.3) is 5.88 Å². The lowest BCUT2D eigenvalue weighted by Crippen LogP contribution is -2.02. The smallest absolute Gasteiger partial charge is 0.255 e. The maximum absolute atomic E-state index is 13.1. The van der Waals surface area contributed by atoms with Crippen LogP contribution in [-0.2, 0) is 6.61 Å². The number of hydrogen-bond acceptors (Lipinski definition) is 5. The van der Waals surface area contributed by atoms with Gasteiger partial charge in [-0.05, 0) is 11.4 Å². The van der Waals surface area contributed by atoms with Gasteiger partial charge >= 0.3 is 0 Å². The van der Waals surface area contributed by atoms with Gasteiger partial charge in [-0.25, -0.2) is 4.98 Å². The van der Waals surface area contributed by atoms with E-state index in [2.05, 4.69) is 9.97 Å². The summed E-state index contributed by atoms with van der Waals surface area (Å²) in [5.41, 5.74) is 5.31. The molecule has 2 aromatic heterocycles.